The zero-order chi connectivity index (χ0) is 15.8. The molecule has 1 N–H and O–H groups in total. The third-order valence-corrected chi connectivity index (χ3v) is 3.33. The van der Waals surface area contributed by atoms with E-state index in [0.29, 0.717) is 5.57 Å². The Morgan fingerprint density at radius 3 is 2.55 bits per heavy atom. The van der Waals surface area contributed by atoms with Crippen molar-refractivity contribution in [2.24, 2.45) is 0 Å². The molecular formula is C19H20O3. The molecule has 0 heterocycles. The molecule has 2 aromatic carbocycles. The maximum absolute atomic E-state index is 10.7. The first-order chi connectivity index (χ1) is 10.6. The summed E-state index contributed by atoms with van der Waals surface area (Å²) in [4.78, 5) is 10.7. The predicted molar refractivity (Wildman–Crippen MR) is 87.3 cm³/mol. The van der Waals surface area contributed by atoms with Crippen molar-refractivity contribution in [3.63, 3.8) is 0 Å². The van der Waals surface area contributed by atoms with Gasteiger partial charge in [0.15, 0.2) is 0 Å². The van der Waals surface area contributed by atoms with Gasteiger partial charge in [-0.2, -0.15) is 0 Å². The van der Waals surface area contributed by atoms with Gasteiger partial charge >= 0.3 is 5.97 Å². The number of carbonyl (C=O) groups is 1. The number of aryl methyl sites for hydroxylation is 1. The van der Waals surface area contributed by atoms with E-state index in [9.17, 15) is 4.79 Å². The first-order valence-electron chi connectivity index (χ1n) is 7.37. The van der Waals surface area contributed by atoms with Crippen LogP contribution in [0.4, 0.5) is 0 Å². The Labute approximate surface area is 130 Å². The molecule has 0 saturated carbocycles. The third kappa shape index (κ3) is 5.09. The van der Waals surface area contributed by atoms with Crippen LogP contribution in [0, 0.1) is 0 Å². The predicted octanol–water partition coefficient (Wildman–Crippen LogP) is 4.83. The number of unbranched alkanes of at least 4 members (excludes halogenated alkanes) is 1. The fraction of sp³-hybridized carbons (Fsp3) is 0.211. The van der Waals surface area contributed by atoms with Crippen molar-refractivity contribution in [2.75, 3.05) is 0 Å². The Morgan fingerprint density at radius 2 is 1.82 bits per heavy atom. The highest BCUT2D eigenvalue weighted by Crippen LogP contribution is 2.22. The highest BCUT2D eigenvalue weighted by Gasteiger charge is 2.00. The van der Waals surface area contributed by atoms with Crippen molar-refractivity contribution in [2.45, 2.75) is 26.2 Å². The molecule has 2 aromatic rings. The summed E-state index contributed by atoms with van der Waals surface area (Å²) in [5.74, 6) is 0.791. The Balaban J connectivity index is 1.89. The van der Waals surface area contributed by atoms with Crippen LogP contribution in [0.3, 0.4) is 0 Å². The minimum Gasteiger partial charge on any atom is -0.478 e. The van der Waals surface area contributed by atoms with Crippen LogP contribution in [0.25, 0.3) is 0 Å². The van der Waals surface area contributed by atoms with Crippen LogP contribution >= 0.6 is 0 Å². The standard InChI is InChI=1S/C19H20O3/c1-15(19(20)21)8-5-6-9-16-10-7-13-18(14-16)22-17-11-3-2-4-12-17/h2-4,7-8,10-14H,5-6,9H2,1H3,(H,20,21). The van der Waals surface area contributed by atoms with Gasteiger partial charge in [-0.3, -0.25) is 0 Å². The second kappa shape index (κ2) is 8.03. The maximum atomic E-state index is 10.7. The van der Waals surface area contributed by atoms with E-state index in [4.69, 9.17) is 9.84 Å². The average Bonchev–Trinajstić information content (AvgIpc) is 2.52. The maximum Gasteiger partial charge on any atom is 0.330 e. The summed E-state index contributed by atoms with van der Waals surface area (Å²) in [6.45, 7) is 1.62. The van der Waals surface area contributed by atoms with Gasteiger partial charge in [-0.05, 0) is 56.0 Å². The van der Waals surface area contributed by atoms with Crippen LogP contribution in [0.2, 0.25) is 0 Å². The van der Waals surface area contributed by atoms with Gasteiger partial charge in [-0.1, -0.05) is 36.4 Å². The molecule has 0 spiro atoms. The first kappa shape index (κ1) is 15.8. The Kier molecular flexibility index (Phi) is 5.78. The van der Waals surface area contributed by atoms with E-state index in [-0.39, 0.29) is 0 Å². The number of hydrogen-bond acceptors (Lipinski definition) is 2. The molecule has 0 aliphatic carbocycles. The van der Waals surface area contributed by atoms with Gasteiger partial charge in [-0.25, -0.2) is 4.79 Å². The summed E-state index contributed by atoms with van der Waals surface area (Å²) in [7, 11) is 0. The molecule has 0 saturated heterocycles. The SMILES string of the molecule is CC(=CCCCc1cccc(Oc2ccccc2)c1)C(=O)O. The van der Waals surface area contributed by atoms with Crippen molar-refractivity contribution in [3.8, 4) is 11.5 Å². The number of allylic oxidation sites excluding steroid dienone is 1. The fourth-order valence-corrected chi connectivity index (χ4v) is 2.10. The van der Waals surface area contributed by atoms with E-state index in [1.165, 1.54) is 5.56 Å². The number of benzene rings is 2. The second-order valence-corrected chi connectivity index (χ2v) is 5.15. The number of para-hydroxylation sites is 1. The highest BCUT2D eigenvalue weighted by molar-refractivity contribution is 5.85. The van der Waals surface area contributed by atoms with E-state index in [2.05, 4.69) is 6.07 Å². The van der Waals surface area contributed by atoms with Gasteiger partial charge in [0.05, 0.1) is 0 Å². The van der Waals surface area contributed by atoms with Gasteiger partial charge in [0.2, 0.25) is 0 Å². The number of hydrogen-bond donors (Lipinski definition) is 1. The van der Waals surface area contributed by atoms with E-state index >= 15 is 0 Å². The minimum absolute atomic E-state index is 0.404. The molecule has 0 aliphatic heterocycles. The lowest BCUT2D eigenvalue weighted by Crippen LogP contribution is -1.95. The Morgan fingerprint density at radius 1 is 1.09 bits per heavy atom. The summed E-state index contributed by atoms with van der Waals surface area (Å²) in [6.07, 6.45) is 4.35. The van der Waals surface area contributed by atoms with Gasteiger partial charge in [0.1, 0.15) is 11.5 Å². The topological polar surface area (TPSA) is 46.5 Å². The first-order valence-corrected chi connectivity index (χ1v) is 7.37. The number of carboxylic acids is 1. The summed E-state index contributed by atoms with van der Waals surface area (Å²) in [5.41, 5.74) is 1.59. The normalized spacial score (nSPS) is 11.2. The molecule has 0 fully saturated rings. The van der Waals surface area contributed by atoms with Crippen LogP contribution in [0.1, 0.15) is 25.3 Å². The number of carboxylic acid groups (broad SMARTS) is 1. The lowest BCUT2D eigenvalue weighted by molar-refractivity contribution is -0.132. The van der Waals surface area contributed by atoms with Gasteiger partial charge in [0, 0.05) is 5.57 Å². The van der Waals surface area contributed by atoms with Crippen LogP contribution < -0.4 is 4.74 Å². The lowest BCUT2D eigenvalue weighted by atomic mass is 10.1. The monoisotopic (exact) mass is 296 g/mol. The molecule has 114 valence electrons. The molecule has 2 rings (SSSR count). The zero-order valence-corrected chi connectivity index (χ0v) is 12.7. The van der Waals surface area contributed by atoms with Crippen molar-refractivity contribution < 1.29 is 14.6 Å². The molecule has 0 amide bonds. The van der Waals surface area contributed by atoms with E-state index in [0.717, 1.165) is 30.8 Å². The van der Waals surface area contributed by atoms with E-state index < -0.39 is 5.97 Å². The van der Waals surface area contributed by atoms with Crippen molar-refractivity contribution in [3.05, 3.63) is 71.8 Å². The lowest BCUT2D eigenvalue weighted by Gasteiger charge is -2.07. The van der Waals surface area contributed by atoms with Crippen molar-refractivity contribution in [1.29, 1.82) is 0 Å². The minimum atomic E-state index is -0.849. The number of rotatable bonds is 7. The summed E-state index contributed by atoms with van der Waals surface area (Å²) < 4.78 is 5.81. The second-order valence-electron chi connectivity index (χ2n) is 5.15. The van der Waals surface area contributed by atoms with Gasteiger partial charge < -0.3 is 9.84 Å². The molecule has 0 atom stereocenters. The van der Waals surface area contributed by atoms with Crippen molar-refractivity contribution in [1.82, 2.24) is 0 Å². The molecule has 0 bridgehead atoms. The smallest absolute Gasteiger partial charge is 0.330 e. The van der Waals surface area contributed by atoms with Crippen LogP contribution in [0.5, 0.6) is 11.5 Å². The Bertz CT molecular complexity index is 645. The molecule has 0 aromatic heterocycles. The molecule has 0 aliphatic rings. The molecular weight excluding hydrogens is 276 g/mol. The summed E-state index contributed by atoms with van der Waals surface area (Å²) in [5, 5.41) is 8.79. The quantitative estimate of drug-likeness (QED) is 0.588. The largest absolute Gasteiger partial charge is 0.478 e. The molecule has 0 unspecified atom stereocenters. The number of ether oxygens (including phenoxy) is 1. The molecule has 0 radical (unpaired) electrons. The molecule has 3 heteroatoms. The van der Waals surface area contributed by atoms with E-state index in [1.807, 2.05) is 48.5 Å². The average molecular weight is 296 g/mol. The van der Waals surface area contributed by atoms with Crippen LogP contribution in [0.15, 0.2) is 66.2 Å². The Hall–Kier alpha value is -2.55. The van der Waals surface area contributed by atoms with Crippen LogP contribution in [-0.2, 0) is 11.2 Å². The fourth-order valence-electron chi connectivity index (χ4n) is 2.10. The zero-order valence-electron chi connectivity index (χ0n) is 12.7. The summed E-state index contributed by atoms with van der Waals surface area (Å²) >= 11 is 0. The number of aliphatic carboxylic acids is 1. The van der Waals surface area contributed by atoms with Crippen LogP contribution in [-0.4, -0.2) is 11.1 Å². The van der Waals surface area contributed by atoms with Gasteiger partial charge in [0.25, 0.3) is 0 Å². The highest BCUT2D eigenvalue weighted by atomic mass is 16.5. The third-order valence-electron chi connectivity index (χ3n) is 3.33. The summed E-state index contributed by atoms with van der Waals surface area (Å²) in [6, 6.07) is 17.7. The van der Waals surface area contributed by atoms with Gasteiger partial charge in [-0.15, -0.1) is 0 Å². The molecule has 22 heavy (non-hydrogen) atoms. The van der Waals surface area contributed by atoms with Crippen molar-refractivity contribution >= 4 is 5.97 Å². The molecule has 3 nitrogen and oxygen atoms in total. The van der Waals surface area contributed by atoms with E-state index in [1.54, 1.807) is 13.0 Å².